The quantitative estimate of drug-likeness (QED) is 0.0139. The minimum absolute atomic E-state index is 0.00775. The third-order valence-corrected chi connectivity index (χ3v) is 16.0. The molecule has 0 aromatic carbocycles. The van der Waals surface area contributed by atoms with E-state index in [9.17, 15) is 43.2 Å². The van der Waals surface area contributed by atoms with Crippen molar-refractivity contribution in [2.24, 2.45) is 35.5 Å². The van der Waals surface area contributed by atoms with Gasteiger partial charge in [0, 0.05) is 19.3 Å². The van der Waals surface area contributed by atoms with Crippen LogP contribution >= 0.6 is 0 Å². The van der Waals surface area contributed by atoms with Gasteiger partial charge in [0.05, 0.1) is 37.0 Å². The van der Waals surface area contributed by atoms with Crippen LogP contribution in [-0.2, 0) is 71.6 Å². The summed E-state index contributed by atoms with van der Waals surface area (Å²) in [7, 11) is 0. The largest absolute Gasteiger partial charge is 0.462 e. The zero-order valence-corrected chi connectivity index (χ0v) is 51.5. The predicted molar refractivity (Wildman–Crippen MR) is 324 cm³/mol. The fourth-order valence-corrected chi connectivity index (χ4v) is 10.9. The molecular weight excluding hydrogens is 1070 g/mol. The number of cyclic esters (lactones) is 6. The van der Waals surface area contributed by atoms with Gasteiger partial charge in [-0.2, -0.15) is 0 Å². The molecule has 3 saturated heterocycles. The molecule has 0 saturated carbocycles. The molecule has 0 bridgehead atoms. The molecule has 0 radical (unpaired) electrons. The molecule has 3 rings (SSSR count). The second kappa shape index (κ2) is 46.5. The molecule has 15 nitrogen and oxygen atoms in total. The first-order valence-electron chi connectivity index (χ1n) is 32.6. The van der Waals surface area contributed by atoms with Crippen molar-refractivity contribution in [3.8, 4) is 0 Å². The highest BCUT2D eigenvalue weighted by molar-refractivity contribution is 5.96. The van der Waals surface area contributed by atoms with Crippen LogP contribution in [0.4, 0.5) is 0 Å². The van der Waals surface area contributed by atoms with Gasteiger partial charge in [0.15, 0.2) is 6.10 Å². The van der Waals surface area contributed by atoms with Gasteiger partial charge in [0.1, 0.15) is 13.2 Å². The molecule has 3 fully saturated rings. The highest BCUT2D eigenvalue weighted by Gasteiger charge is 2.39. The minimum atomic E-state index is -0.918. The molecule has 7 atom stereocenters. The van der Waals surface area contributed by atoms with Crippen molar-refractivity contribution in [3.05, 3.63) is 72.9 Å². The Kier molecular flexibility index (Phi) is 40.2. The van der Waals surface area contributed by atoms with Crippen molar-refractivity contribution in [2.75, 3.05) is 13.2 Å². The molecule has 0 aliphatic carbocycles. The van der Waals surface area contributed by atoms with Gasteiger partial charge in [-0.3, -0.25) is 43.2 Å². The molecule has 0 N–H and O–H groups in total. The first kappa shape index (κ1) is 72.5. The van der Waals surface area contributed by atoms with E-state index in [2.05, 4.69) is 44.2 Å². The van der Waals surface area contributed by atoms with E-state index in [0.29, 0.717) is 19.3 Å². The standard InChI is InChI=1S/C69H104O15/c1-4-7-9-10-26-35-44-56(60-51-66(75)84-69(60)78)45-37-29-24-25-31-39-47-62(71)80-53-57(81-63(72)48-40-32-23-19-15-17-21-28-36-43-55(42-33-8-5-2)59-50-65(74)83-68(59)77)52-79-61(70)46-38-30-22-18-14-12-11-13-16-20-27-34-41-54(6-3)58-49-64(73)82-67(58)76/h11,13,20-21,27-28,34,36-37,41,43,45,54-60H,4-10,12,14-19,22-26,29-33,35,38-40,42,44,46-53H2,1-3H3/b13-11-,27-20-,28-21-,41-34+,43-36+,45-37+. The Morgan fingerprint density at radius 3 is 1.31 bits per heavy atom. The number of carbonyl (C=O) groups is 9. The monoisotopic (exact) mass is 1170 g/mol. The third kappa shape index (κ3) is 33.7. The van der Waals surface area contributed by atoms with Crippen molar-refractivity contribution < 1.29 is 71.6 Å². The Balaban J connectivity index is 1.36. The predicted octanol–water partition coefficient (Wildman–Crippen LogP) is 15.4. The SMILES string of the molecule is CCCCCCCCC(/C=C/CCCCCCC(=O)OCC(COC(=O)CCCCCCC/C=C\C/C=C\C=C\C(CC)C1CC(=O)OC1=O)OC(=O)CCCCCCC/C=C\C=C\C(CCCCC)C1CC(=O)OC1=O)C1CC(=O)OC1=O. The van der Waals surface area contributed by atoms with Gasteiger partial charge in [-0.1, -0.05) is 203 Å². The number of unbranched alkanes of at least 4 members (excludes halogenated alkanes) is 21. The first-order valence-corrected chi connectivity index (χ1v) is 32.6. The van der Waals surface area contributed by atoms with E-state index in [-0.39, 0.29) is 75.5 Å². The summed E-state index contributed by atoms with van der Waals surface area (Å²) in [6.45, 7) is 5.92. The lowest BCUT2D eigenvalue weighted by Crippen LogP contribution is -2.30. The molecule has 3 aliphatic heterocycles. The first-order chi connectivity index (χ1) is 40.8. The molecule has 0 aromatic rings. The number of carbonyl (C=O) groups excluding carboxylic acids is 9. The lowest BCUT2D eigenvalue weighted by Gasteiger charge is -2.18. The summed E-state index contributed by atoms with van der Waals surface area (Å²) in [5.41, 5.74) is 0. The average molecular weight is 1170 g/mol. The van der Waals surface area contributed by atoms with Gasteiger partial charge in [0.2, 0.25) is 0 Å². The summed E-state index contributed by atoms with van der Waals surface area (Å²) in [5.74, 6) is -5.05. The van der Waals surface area contributed by atoms with E-state index in [1.165, 1.54) is 25.7 Å². The second-order valence-electron chi connectivity index (χ2n) is 23.1. The maximum atomic E-state index is 13.0. The summed E-state index contributed by atoms with van der Waals surface area (Å²) in [5, 5.41) is 0. The van der Waals surface area contributed by atoms with Crippen molar-refractivity contribution in [3.63, 3.8) is 0 Å². The summed E-state index contributed by atoms with van der Waals surface area (Å²) >= 11 is 0. The molecule has 7 unspecified atom stereocenters. The third-order valence-electron chi connectivity index (χ3n) is 16.0. The van der Waals surface area contributed by atoms with Crippen LogP contribution in [0.25, 0.3) is 0 Å². The number of rotatable bonds is 50. The Hall–Kier alpha value is -5.73. The number of esters is 9. The number of hydrogen-bond donors (Lipinski definition) is 0. The molecule has 0 spiro atoms. The highest BCUT2D eigenvalue weighted by Crippen LogP contribution is 2.32. The number of hydrogen-bond acceptors (Lipinski definition) is 15. The molecule has 0 aromatic heterocycles. The van der Waals surface area contributed by atoms with E-state index in [1.54, 1.807) is 0 Å². The van der Waals surface area contributed by atoms with Crippen LogP contribution in [-0.4, -0.2) is 73.0 Å². The highest BCUT2D eigenvalue weighted by atomic mass is 16.6. The van der Waals surface area contributed by atoms with Crippen LogP contribution in [0.5, 0.6) is 0 Å². The summed E-state index contributed by atoms with van der Waals surface area (Å²) in [6, 6.07) is 0. The smallest absolute Gasteiger partial charge is 0.317 e. The maximum Gasteiger partial charge on any atom is 0.317 e. The lowest BCUT2D eigenvalue weighted by molar-refractivity contribution is -0.167. The average Bonchev–Trinajstić information content (AvgIpc) is 4.27. The zero-order valence-electron chi connectivity index (χ0n) is 51.5. The lowest BCUT2D eigenvalue weighted by atomic mass is 9.86. The fraction of sp³-hybridized carbons (Fsp3) is 0.696. The van der Waals surface area contributed by atoms with Crippen LogP contribution in [0.1, 0.15) is 252 Å². The Labute approximate surface area is 503 Å². The van der Waals surface area contributed by atoms with Crippen molar-refractivity contribution in [1.29, 1.82) is 0 Å². The topological polar surface area (TPSA) is 209 Å². The van der Waals surface area contributed by atoms with E-state index in [0.717, 1.165) is 148 Å². The van der Waals surface area contributed by atoms with E-state index < -0.39 is 71.6 Å². The Bertz CT molecular complexity index is 2150. The van der Waals surface area contributed by atoms with Crippen LogP contribution in [0.15, 0.2) is 72.9 Å². The summed E-state index contributed by atoms with van der Waals surface area (Å²) < 4.78 is 31.2. The van der Waals surface area contributed by atoms with Crippen molar-refractivity contribution in [2.45, 2.75) is 258 Å². The van der Waals surface area contributed by atoms with E-state index in [1.807, 2.05) is 49.5 Å². The van der Waals surface area contributed by atoms with Gasteiger partial charge < -0.3 is 28.4 Å². The normalized spacial score (nSPS) is 19.0. The molecule has 470 valence electrons. The Morgan fingerprint density at radius 1 is 0.417 bits per heavy atom. The van der Waals surface area contributed by atoms with Gasteiger partial charge in [-0.15, -0.1) is 0 Å². The minimum Gasteiger partial charge on any atom is -0.462 e. The molecule has 3 heterocycles. The molecule has 0 amide bonds. The van der Waals surface area contributed by atoms with Crippen molar-refractivity contribution >= 4 is 53.7 Å². The van der Waals surface area contributed by atoms with Gasteiger partial charge >= 0.3 is 53.7 Å². The van der Waals surface area contributed by atoms with Crippen LogP contribution < -0.4 is 0 Å². The number of ether oxygens (including phenoxy) is 6. The molecular formula is C69H104O15. The van der Waals surface area contributed by atoms with Gasteiger partial charge in [-0.05, 0) is 101 Å². The van der Waals surface area contributed by atoms with Gasteiger partial charge in [-0.25, -0.2) is 0 Å². The molecule has 3 aliphatic rings. The van der Waals surface area contributed by atoms with E-state index >= 15 is 0 Å². The second-order valence-corrected chi connectivity index (χ2v) is 23.1. The van der Waals surface area contributed by atoms with E-state index in [4.69, 9.17) is 28.4 Å². The molecule has 15 heteroatoms. The summed E-state index contributed by atoms with van der Waals surface area (Å²) in [6.07, 6.45) is 53.1. The van der Waals surface area contributed by atoms with Crippen LogP contribution in [0.3, 0.4) is 0 Å². The van der Waals surface area contributed by atoms with Crippen molar-refractivity contribution in [1.82, 2.24) is 0 Å². The fourth-order valence-electron chi connectivity index (χ4n) is 10.9. The Morgan fingerprint density at radius 2 is 0.810 bits per heavy atom. The number of allylic oxidation sites excluding steroid dienone is 12. The van der Waals surface area contributed by atoms with Crippen LogP contribution in [0.2, 0.25) is 0 Å². The maximum absolute atomic E-state index is 13.0. The summed E-state index contributed by atoms with van der Waals surface area (Å²) in [4.78, 5) is 110. The molecule has 84 heavy (non-hydrogen) atoms. The van der Waals surface area contributed by atoms with Crippen LogP contribution in [0, 0.1) is 35.5 Å². The van der Waals surface area contributed by atoms with Gasteiger partial charge in [0.25, 0.3) is 0 Å². The zero-order chi connectivity index (χ0) is 60.8.